The molecular weight excluding hydrogens is 474 g/mol. The van der Waals surface area contributed by atoms with Crippen molar-refractivity contribution < 1.29 is 19.5 Å². The molecule has 2 aliphatic rings. The van der Waals surface area contributed by atoms with E-state index >= 15 is 0 Å². The van der Waals surface area contributed by atoms with Gasteiger partial charge in [-0.25, -0.2) is 14.6 Å². The highest BCUT2D eigenvalue weighted by Crippen LogP contribution is 2.46. The maximum absolute atomic E-state index is 13.3. The van der Waals surface area contributed by atoms with Gasteiger partial charge >= 0.3 is 12.1 Å². The van der Waals surface area contributed by atoms with E-state index in [1.54, 1.807) is 28.5 Å². The van der Waals surface area contributed by atoms with Crippen LogP contribution in [-0.4, -0.2) is 52.2 Å². The smallest absolute Gasteiger partial charge is 0.407 e. The van der Waals surface area contributed by atoms with E-state index in [-0.39, 0.29) is 24.5 Å². The number of aromatic nitrogens is 1. The number of anilines is 3. The van der Waals surface area contributed by atoms with Crippen LogP contribution in [0.1, 0.15) is 22.5 Å². The highest BCUT2D eigenvalue weighted by Gasteiger charge is 2.34. The lowest BCUT2D eigenvalue weighted by Gasteiger charge is -2.31. The normalized spacial score (nSPS) is 17.8. The number of hydrogen-bond acceptors (Lipinski definition) is 6. The van der Waals surface area contributed by atoms with Gasteiger partial charge in [-0.2, -0.15) is 0 Å². The first kappa shape index (κ1) is 20.9. The Kier molecular flexibility index (Phi) is 4.89. The zero-order valence-electron chi connectivity index (χ0n) is 17.8. The fourth-order valence-corrected chi connectivity index (χ4v) is 6.41. The molecule has 1 atom stereocenters. The van der Waals surface area contributed by atoms with E-state index in [1.807, 2.05) is 29.6 Å². The number of rotatable bonds is 3. The number of carbonyl (C=O) groups excluding carboxylic acids is 2. The topological polar surface area (TPSA) is 115 Å². The number of piperidine rings is 1. The Hall–Kier alpha value is -3.70. The third-order valence-electron chi connectivity index (χ3n) is 6.17. The number of carboxylic acid groups (broad SMARTS) is 1. The van der Waals surface area contributed by atoms with Crippen LogP contribution in [0.25, 0.3) is 20.3 Å². The highest BCUT2D eigenvalue weighted by molar-refractivity contribution is 7.21. The number of hydrogen-bond donors (Lipinski definition) is 3. The zero-order chi connectivity index (χ0) is 23.4. The molecule has 6 rings (SSSR count). The van der Waals surface area contributed by atoms with Crippen molar-refractivity contribution in [3.8, 4) is 0 Å². The predicted molar refractivity (Wildman–Crippen MR) is 133 cm³/mol. The highest BCUT2D eigenvalue weighted by atomic mass is 32.1. The first-order chi connectivity index (χ1) is 16.5. The van der Waals surface area contributed by atoms with E-state index in [2.05, 4.69) is 15.6 Å². The summed E-state index contributed by atoms with van der Waals surface area (Å²) in [6.45, 7) is 0.711. The summed E-state index contributed by atoms with van der Waals surface area (Å²) in [6.07, 6.45) is 2.03. The fourth-order valence-electron chi connectivity index (χ4n) is 4.61. The number of likely N-dealkylation sites (tertiary alicyclic amines) is 1. The predicted octanol–water partition coefficient (Wildman–Crippen LogP) is 5.07. The molecule has 5 heterocycles. The lowest BCUT2D eigenvalue weighted by atomic mass is 10.1. The molecule has 0 saturated carbocycles. The van der Waals surface area contributed by atoms with Crippen LogP contribution in [0.2, 0.25) is 0 Å². The second-order valence-corrected chi connectivity index (χ2v) is 10.2. The maximum atomic E-state index is 13.3. The summed E-state index contributed by atoms with van der Waals surface area (Å²) >= 11 is 2.86. The zero-order valence-corrected chi connectivity index (χ0v) is 19.4. The molecule has 3 aromatic heterocycles. The summed E-state index contributed by atoms with van der Waals surface area (Å²) < 4.78 is 1.14. The van der Waals surface area contributed by atoms with Crippen LogP contribution in [0.4, 0.5) is 26.7 Å². The summed E-state index contributed by atoms with van der Waals surface area (Å²) in [7, 11) is 0. The molecule has 1 fully saturated rings. The number of pyridine rings is 1. The number of nitrogens with one attached hydrogen (secondary N) is 2. The Balaban J connectivity index is 1.36. The van der Waals surface area contributed by atoms with Crippen molar-refractivity contribution >= 4 is 78.1 Å². The van der Waals surface area contributed by atoms with Crippen LogP contribution in [0.5, 0.6) is 0 Å². The van der Waals surface area contributed by atoms with Crippen LogP contribution >= 0.6 is 22.7 Å². The largest absolute Gasteiger partial charge is 0.465 e. The average molecular weight is 494 g/mol. The number of nitrogens with zero attached hydrogens (tertiary/aromatic N) is 3. The van der Waals surface area contributed by atoms with E-state index in [0.29, 0.717) is 40.5 Å². The molecule has 0 aliphatic carbocycles. The minimum atomic E-state index is -0.988. The Labute approximate surface area is 201 Å². The van der Waals surface area contributed by atoms with Crippen LogP contribution in [0, 0.1) is 0 Å². The van der Waals surface area contributed by atoms with E-state index in [1.165, 1.54) is 16.2 Å². The maximum Gasteiger partial charge on any atom is 0.407 e. The van der Waals surface area contributed by atoms with Gasteiger partial charge in [-0.05, 0) is 53.9 Å². The van der Waals surface area contributed by atoms with Crippen molar-refractivity contribution in [2.24, 2.45) is 0 Å². The van der Waals surface area contributed by atoms with Gasteiger partial charge in [0.2, 0.25) is 0 Å². The molecular formula is C23H19N5O4S2. The van der Waals surface area contributed by atoms with Gasteiger partial charge in [-0.1, -0.05) is 0 Å². The van der Waals surface area contributed by atoms with Crippen molar-refractivity contribution in [1.82, 2.24) is 15.2 Å². The van der Waals surface area contributed by atoms with Gasteiger partial charge in [0.15, 0.2) is 0 Å². The molecule has 0 radical (unpaired) electrons. The second-order valence-electron chi connectivity index (χ2n) is 8.27. The van der Waals surface area contributed by atoms with Crippen molar-refractivity contribution in [3.63, 3.8) is 0 Å². The van der Waals surface area contributed by atoms with Crippen LogP contribution in [0.3, 0.4) is 0 Å². The minimum absolute atomic E-state index is 0.246. The van der Waals surface area contributed by atoms with E-state index in [9.17, 15) is 19.5 Å². The van der Waals surface area contributed by atoms with Gasteiger partial charge < -0.3 is 20.6 Å². The van der Waals surface area contributed by atoms with Gasteiger partial charge in [0.25, 0.3) is 5.91 Å². The van der Waals surface area contributed by atoms with Gasteiger partial charge in [0, 0.05) is 30.0 Å². The molecule has 34 heavy (non-hydrogen) atoms. The Morgan fingerprint density at radius 3 is 2.97 bits per heavy atom. The lowest BCUT2D eigenvalue weighted by Crippen LogP contribution is -2.49. The Morgan fingerprint density at radius 2 is 2.12 bits per heavy atom. The molecule has 1 aromatic carbocycles. The molecule has 2 aliphatic heterocycles. The van der Waals surface area contributed by atoms with Crippen LogP contribution < -0.4 is 15.5 Å². The minimum Gasteiger partial charge on any atom is -0.465 e. The number of thiophene rings is 2. The summed E-state index contributed by atoms with van der Waals surface area (Å²) in [5.41, 5.74) is 1.85. The van der Waals surface area contributed by atoms with Gasteiger partial charge in [0.1, 0.15) is 9.71 Å². The molecule has 1 saturated heterocycles. The third-order valence-corrected chi connectivity index (χ3v) is 8.17. The molecule has 1 unspecified atom stereocenters. The summed E-state index contributed by atoms with van der Waals surface area (Å²) in [4.78, 5) is 46.1. The van der Waals surface area contributed by atoms with E-state index in [0.717, 1.165) is 21.2 Å². The summed E-state index contributed by atoms with van der Waals surface area (Å²) in [5.74, 6) is -0.338. The molecule has 172 valence electrons. The molecule has 3 N–H and O–H groups in total. The van der Waals surface area contributed by atoms with Gasteiger partial charge in [0.05, 0.1) is 22.4 Å². The number of amides is 4. The Bertz CT molecular complexity index is 1480. The molecule has 0 bridgehead atoms. The standard InChI is InChI=1S/C23H19N5O4S2/c29-20(25-13-2-1-8-27(11-13)23(31)32)19-18-17-15(5-7-24-21(17)34-19)28(22(30)26-18)14-3-4-16-12(10-14)6-9-33-16/h3-7,9-10,13H,1-2,8,11H2,(H,25,29)(H,26,30)(H,31,32). The van der Waals surface area contributed by atoms with Gasteiger partial charge in [-0.15, -0.1) is 22.7 Å². The SMILES string of the molecule is O=C(NC1CCCN(C(=O)O)C1)c1sc2nccc3c2c1NC(=O)N3c1ccc2sccc2c1. The molecule has 9 nitrogen and oxygen atoms in total. The fraction of sp³-hybridized carbons (Fsp3) is 0.217. The van der Waals surface area contributed by atoms with E-state index in [4.69, 9.17) is 0 Å². The average Bonchev–Trinajstić information content (AvgIpc) is 3.44. The first-order valence-corrected chi connectivity index (χ1v) is 12.5. The lowest BCUT2D eigenvalue weighted by molar-refractivity contribution is 0.0893. The summed E-state index contributed by atoms with van der Waals surface area (Å²) in [6, 6.07) is 9.04. The first-order valence-electron chi connectivity index (χ1n) is 10.8. The van der Waals surface area contributed by atoms with Gasteiger partial charge in [-0.3, -0.25) is 9.69 Å². The molecule has 0 spiro atoms. The van der Waals surface area contributed by atoms with Crippen molar-refractivity contribution in [3.05, 3.63) is 46.8 Å². The third kappa shape index (κ3) is 3.35. The van der Waals surface area contributed by atoms with E-state index < -0.39 is 6.09 Å². The van der Waals surface area contributed by atoms with Crippen molar-refractivity contribution in [2.45, 2.75) is 18.9 Å². The van der Waals surface area contributed by atoms with Crippen LogP contribution in [0.15, 0.2) is 41.9 Å². The quantitative estimate of drug-likeness (QED) is 0.369. The summed E-state index contributed by atoms with van der Waals surface area (Å²) in [5, 5.41) is 18.9. The Morgan fingerprint density at radius 1 is 1.24 bits per heavy atom. The van der Waals surface area contributed by atoms with Crippen molar-refractivity contribution in [1.29, 1.82) is 0 Å². The number of carbonyl (C=O) groups is 3. The van der Waals surface area contributed by atoms with Crippen molar-refractivity contribution in [2.75, 3.05) is 23.3 Å². The second kappa shape index (κ2) is 7.96. The number of urea groups is 1. The monoisotopic (exact) mass is 493 g/mol. The molecule has 11 heteroatoms. The molecule has 4 aromatic rings. The van der Waals surface area contributed by atoms with Crippen LogP contribution in [-0.2, 0) is 0 Å². The number of benzene rings is 1. The molecule has 4 amide bonds. The number of fused-ring (bicyclic) bond motifs is 1.